The van der Waals surface area contributed by atoms with E-state index in [0.29, 0.717) is 39.8 Å². The zero-order valence-electron chi connectivity index (χ0n) is 17.1. The van der Waals surface area contributed by atoms with Crippen molar-refractivity contribution in [2.75, 3.05) is 11.1 Å². The molecule has 2 aromatic carbocycles. The summed E-state index contributed by atoms with van der Waals surface area (Å²) < 4.78 is 5.77. The van der Waals surface area contributed by atoms with Crippen LogP contribution in [-0.4, -0.2) is 26.6 Å². The molecule has 0 unspecified atom stereocenters. The first-order valence-corrected chi connectivity index (χ1v) is 11.1. The first-order valence-electron chi connectivity index (χ1n) is 9.79. The highest BCUT2D eigenvalue weighted by Crippen LogP contribution is 2.32. The quantitative estimate of drug-likeness (QED) is 0.353. The number of nitrogens with one attached hydrogen (secondary N) is 1. The third-order valence-electron chi connectivity index (χ3n) is 4.42. The molecule has 32 heavy (non-hydrogen) atoms. The van der Waals surface area contributed by atoms with Gasteiger partial charge in [0.15, 0.2) is 0 Å². The van der Waals surface area contributed by atoms with Crippen molar-refractivity contribution in [2.24, 2.45) is 5.73 Å². The van der Waals surface area contributed by atoms with E-state index in [1.54, 1.807) is 36.2 Å². The number of aromatic nitrogens is 3. The average molecular weight is 465 g/mol. The summed E-state index contributed by atoms with van der Waals surface area (Å²) in [7, 11) is 0. The lowest BCUT2D eigenvalue weighted by Crippen LogP contribution is -2.16. The summed E-state index contributed by atoms with van der Waals surface area (Å²) in [6.45, 7) is 2.36. The lowest BCUT2D eigenvalue weighted by molar-refractivity contribution is 0.0991. The molecule has 0 spiro atoms. The molecule has 4 rings (SSSR count). The number of benzene rings is 2. The molecule has 161 valence electrons. The van der Waals surface area contributed by atoms with Crippen molar-refractivity contribution in [3.63, 3.8) is 0 Å². The van der Waals surface area contributed by atoms with Gasteiger partial charge in [-0.15, -0.1) is 11.8 Å². The third kappa shape index (κ3) is 5.09. The SMILES string of the molecule is CCSc1[c]cc2c(Nc3ccc(OCc4ccccn4)c(Cl)c3)nc(C(N)=O)nc2c1. The largest absolute Gasteiger partial charge is 0.486 e. The van der Waals surface area contributed by atoms with Crippen molar-refractivity contribution in [3.8, 4) is 5.75 Å². The number of thioether (sulfide) groups is 1. The van der Waals surface area contributed by atoms with Crippen LogP contribution in [0.1, 0.15) is 23.2 Å². The van der Waals surface area contributed by atoms with Gasteiger partial charge in [-0.2, -0.15) is 0 Å². The second kappa shape index (κ2) is 9.84. The van der Waals surface area contributed by atoms with Crippen LogP contribution in [0.2, 0.25) is 5.02 Å². The van der Waals surface area contributed by atoms with Crippen LogP contribution in [0.4, 0.5) is 11.5 Å². The van der Waals surface area contributed by atoms with E-state index in [0.717, 1.165) is 16.3 Å². The lowest BCUT2D eigenvalue weighted by Gasteiger charge is -2.13. The first-order chi connectivity index (χ1) is 15.5. The molecule has 0 bridgehead atoms. The summed E-state index contributed by atoms with van der Waals surface area (Å²) in [5.74, 6) is 1.09. The number of amides is 1. The fourth-order valence-corrected chi connectivity index (χ4v) is 3.84. The number of ether oxygens (including phenoxy) is 1. The minimum atomic E-state index is -0.705. The predicted octanol–water partition coefficient (Wildman–Crippen LogP) is 5.01. The van der Waals surface area contributed by atoms with Gasteiger partial charge < -0.3 is 15.8 Å². The molecule has 1 amide bonds. The monoisotopic (exact) mass is 464 g/mol. The Kier molecular flexibility index (Phi) is 6.72. The molecule has 9 heteroatoms. The molecule has 0 aliphatic rings. The van der Waals surface area contributed by atoms with Crippen LogP contribution in [-0.2, 0) is 6.61 Å². The van der Waals surface area contributed by atoms with Crippen molar-refractivity contribution in [2.45, 2.75) is 18.4 Å². The maximum atomic E-state index is 11.8. The van der Waals surface area contributed by atoms with Crippen LogP contribution >= 0.6 is 23.4 Å². The van der Waals surface area contributed by atoms with Gasteiger partial charge in [0.2, 0.25) is 5.82 Å². The molecule has 0 atom stereocenters. The van der Waals surface area contributed by atoms with E-state index in [-0.39, 0.29) is 5.82 Å². The molecule has 0 fully saturated rings. The molecule has 3 N–H and O–H groups in total. The van der Waals surface area contributed by atoms with Gasteiger partial charge >= 0.3 is 0 Å². The van der Waals surface area contributed by atoms with Gasteiger partial charge in [0.25, 0.3) is 5.91 Å². The maximum absolute atomic E-state index is 11.8. The van der Waals surface area contributed by atoms with Gasteiger partial charge in [0, 0.05) is 22.2 Å². The number of rotatable bonds is 8. The first kappa shape index (κ1) is 21.9. The molecular weight excluding hydrogens is 446 g/mol. The van der Waals surface area contributed by atoms with Crippen molar-refractivity contribution >= 4 is 51.7 Å². The number of nitrogens with two attached hydrogens (primary N) is 1. The lowest BCUT2D eigenvalue weighted by atomic mass is 10.2. The van der Waals surface area contributed by atoms with Crippen LogP contribution in [0.3, 0.4) is 0 Å². The normalized spacial score (nSPS) is 10.8. The number of anilines is 2. The molecule has 0 saturated heterocycles. The fraction of sp³-hybridized carbons (Fsp3) is 0.130. The highest BCUT2D eigenvalue weighted by atomic mass is 35.5. The summed E-state index contributed by atoms with van der Waals surface area (Å²) in [6.07, 6.45) is 1.71. The summed E-state index contributed by atoms with van der Waals surface area (Å²) in [5.41, 5.74) is 7.51. The van der Waals surface area contributed by atoms with E-state index in [1.165, 1.54) is 0 Å². The summed E-state index contributed by atoms with van der Waals surface area (Å²) in [4.78, 5) is 25.5. The van der Waals surface area contributed by atoms with Crippen molar-refractivity contribution in [1.82, 2.24) is 15.0 Å². The number of hydrogen-bond donors (Lipinski definition) is 2. The molecular formula is C23H19ClN5O2S. The number of hydrogen-bond acceptors (Lipinski definition) is 7. The molecule has 2 aromatic heterocycles. The Morgan fingerprint density at radius 3 is 2.84 bits per heavy atom. The topological polar surface area (TPSA) is 103 Å². The fourth-order valence-electron chi connectivity index (χ4n) is 2.96. The Morgan fingerprint density at radius 2 is 2.12 bits per heavy atom. The zero-order chi connectivity index (χ0) is 22.5. The Labute approximate surface area is 194 Å². The average Bonchev–Trinajstić information content (AvgIpc) is 2.79. The van der Waals surface area contributed by atoms with Crippen molar-refractivity contribution in [3.05, 3.63) is 77.3 Å². The summed E-state index contributed by atoms with van der Waals surface area (Å²) >= 11 is 8.05. The van der Waals surface area contributed by atoms with Gasteiger partial charge in [-0.1, -0.05) is 24.6 Å². The van der Waals surface area contributed by atoms with Crippen LogP contribution in [0.15, 0.2) is 59.6 Å². The number of carbonyl (C=O) groups is 1. The number of pyridine rings is 1. The maximum Gasteiger partial charge on any atom is 0.286 e. The molecule has 7 nitrogen and oxygen atoms in total. The van der Waals surface area contributed by atoms with Gasteiger partial charge in [-0.25, -0.2) is 9.97 Å². The Hall–Kier alpha value is -3.36. The molecule has 1 radical (unpaired) electrons. The van der Waals surface area contributed by atoms with Gasteiger partial charge in [0.05, 0.1) is 16.2 Å². The zero-order valence-corrected chi connectivity index (χ0v) is 18.7. The number of carbonyl (C=O) groups excluding carboxylic acids is 1. The highest BCUT2D eigenvalue weighted by Gasteiger charge is 2.13. The standard InChI is InChI=1S/C23H19ClN5O2S/c1-2-32-16-7-8-17-19(12-16)28-23(21(25)30)29-22(17)27-14-6-9-20(18(24)11-14)31-13-15-5-3-4-10-26-15/h3-6,8-12H,2,13H2,1H3,(H2,25,30)(H,27,28,29). The van der Waals surface area contributed by atoms with E-state index in [1.807, 2.05) is 30.3 Å². The smallest absolute Gasteiger partial charge is 0.286 e. The second-order valence-corrected chi connectivity index (χ2v) is 8.38. The van der Waals surface area contributed by atoms with Crippen LogP contribution in [0.5, 0.6) is 5.75 Å². The molecule has 4 aromatic rings. The summed E-state index contributed by atoms with van der Waals surface area (Å²) in [5, 5.41) is 4.33. The summed E-state index contributed by atoms with van der Waals surface area (Å²) in [6, 6.07) is 17.8. The predicted molar refractivity (Wildman–Crippen MR) is 127 cm³/mol. The molecule has 2 heterocycles. The van der Waals surface area contributed by atoms with E-state index in [2.05, 4.69) is 33.3 Å². The van der Waals surface area contributed by atoms with Crippen molar-refractivity contribution in [1.29, 1.82) is 0 Å². The molecule has 0 saturated carbocycles. The number of fused-ring (bicyclic) bond motifs is 1. The van der Waals surface area contributed by atoms with Gasteiger partial charge in [-0.05, 0) is 54.3 Å². The second-order valence-electron chi connectivity index (χ2n) is 6.67. The van der Waals surface area contributed by atoms with E-state index >= 15 is 0 Å². The number of nitrogens with zero attached hydrogens (tertiary/aromatic N) is 3. The van der Waals surface area contributed by atoms with Crippen LogP contribution in [0, 0.1) is 6.07 Å². The van der Waals surface area contributed by atoms with Crippen molar-refractivity contribution < 1.29 is 9.53 Å². The van der Waals surface area contributed by atoms with E-state index in [4.69, 9.17) is 22.1 Å². The minimum absolute atomic E-state index is 0.0694. The van der Waals surface area contributed by atoms with Gasteiger partial charge in [0.1, 0.15) is 18.2 Å². The van der Waals surface area contributed by atoms with Gasteiger partial charge in [-0.3, -0.25) is 9.78 Å². The number of primary amides is 1. The Morgan fingerprint density at radius 1 is 1.25 bits per heavy atom. The Balaban J connectivity index is 1.60. The number of halogens is 1. The highest BCUT2D eigenvalue weighted by molar-refractivity contribution is 7.99. The van der Waals surface area contributed by atoms with E-state index < -0.39 is 5.91 Å². The molecule has 0 aliphatic carbocycles. The Bertz CT molecular complexity index is 1270. The van der Waals surface area contributed by atoms with E-state index in [9.17, 15) is 4.79 Å². The molecule has 0 aliphatic heterocycles. The third-order valence-corrected chi connectivity index (χ3v) is 5.55. The van der Waals surface area contributed by atoms with Crippen LogP contribution < -0.4 is 15.8 Å². The van der Waals surface area contributed by atoms with Crippen LogP contribution in [0.25, 0.3) is 10.9 Å². The minimum Gasteiger partial charge on any atom is -0.486 e.